The Kier molecular flexibility index (Phi) is 5.94. The fourth-order valence-corrected chi connectivity index (χ4v) is 3.30. The smallest absolute Gasteiger partial charge is 0.0243 e. The summed E-state index contributed by atoms with van der Waals surface area (Å²) in [5.41, 5.74) is 6.60. The second-order valence-corrected chi connectivity index (χ2v) is 5.93. The normalized spacial score (nSPS) is 24.5. The fraction of sp³-hybridized carbons (Fsp3) is 1.00. The molecule has 1 aliphatic rings. The first-order valence-corrected chi connectivity index (χ1v) is 7.56. The maximum absolute atomic E-state index is 5.97. The van der Waals surface area contributed by atoms with Gasteiger partial charge >= 0.3 is 0 Å². The van der Waals surface area contributed by atoms with Gasteiger partial charge in [0.2, 0.25) is 0 Å². The number of nitrogens with zero attached hydrogens (tertiary/aromatic N) is 1. The van der Waals surface area contributed by atoms with Crippen LogP contribution < -0.4 is 5.73 Å². The summed E-state index contributed by atoms with van der Waals surface area (Å²) >= 11 is 0. The highest BCUT2D eigenvalue weighted by atomic mass is 15.2. The van der Waals surface area contributed by atoms with Crippen LogP contribution in [0.25, 0.3) is 0 Å². The van der Waals surface area contributed by atoms with Crippen LogP contribution in [0.15, 0.2) is 0 Å². The van der Waals surface area contributed by atoms with Crippen LogP contribution in [0.2, 0.25) is 0 Å². The van der Waals surface area contributed by atoms with E-state index in [1.54, 1.807) is 0 Å². The standard InChI is InChI=1S/C15H32N2/c1-5-13(4)14(12-16)17-10-8-15(6-2,7-3)9-11-17/h13-14H,5-12,16H2,1-4H3. The first-order valence-electron chi connectivity index (χ1n) is 7.56. The zero-order valence-corrected chi connectivity index (χ0v) is 12.3. The summed E-state index contributed by atoms with van der Waals surface area (Å²) in [6.07, 6.45) is 6.66. The average Bonchev–Trinajstić information content (AvgIpc) is 2.40. The molecule has 102 valence electrons. The molecule has 0 saturated carbocycles. The minimum atomic E-state index is 0.603. The van der Waals surface area contributed by atoms with Crippen LogP contribution in [0, 0.1) is 11.3 Å². The highest BCUT2D eigenvalue weighted by Crippen LogP contribution is 2.38. The van der Waals surface area contributed by atoms with Crippen LogP contribution in [0.4, 0.5) is 0 Å². The Hall–Kier alpha value is -0.0800. The number of likely N-dealkylation sites (tertiary alicyclic amines) is 1. The van der Waals surface area contributed by atoms with Gasteiger partial charge in [0, 0.05) is 12.6 Å². The Morgan fingerprint density at radius 2 is 1.65 bits per heavy atom. The molecule has 2 nitrogen and oxygen atoms in total. The van der Waals surface area contributed by atoms with Gasteiger partial charge in [-0.25, -0.2) is 0 Å². The molecule has 0 aromatic carbocycles. The van der Waals surface area contributed by atoms with E-state index < -0.39 is 0 Å². The lowest BCUT2D eigenvalue weighted by Crippen LogP contribution is -2.50. The second-order valence-electron chi connectivity index (χ2n) is 5.93. The number of rotatable bonds is 6. The van der Waals surface area contributed by atoms with E-state index in [-0.39, 0.29) is 0 Å². The van der Waals surface area contributed by atoms with Crippen LogP contribution in [0.3, 0.4) is 0 Å². The molecule has 0 spiro atoms. The minimum absolute atomic E-state index is 0.603. The van der Waals surface area contributed by atoms with Crippen LogP contribution >= 0.6 is 0 Å². The van der Waals surface area contributed by atoms with Crippen molar-refractivity contribution in [1.82, 2.24) is 4.90 Å². The summed E-state index contributed by atoms with van der Waals surface area (Å²) in [5, 5.41) is 0. The van der Waals surface area contributed by atoms with Gasteiger partial charge in [0.05, 0.1) is 0 Å². The van der Waals surface area contributed by atoms with E-state index in [0.717, 1.165) is 12.5 Å². The highest BCUT2D eigenvalue weighted by Gasteiger charge is 2.34. The quantitative estimate of drug-likeness (QED) is 0.772. The van der Waals surface area contributed by atoms with Crippen LogP contribution in [-0.4, -0.2) is 30.6 Å². The van der Waals surface area contributed by atoms with Crippen molar-refractivity contribution >= 4 is 0 Å². The Balaban J connectivity index is 2.55. The molecule has 1 rings (SSSR count). The number of hydrogen-bond acceptors (Lipinski definition) is 2. The molecule has 0 radical (unpaired) electrons. The molecule has 2 N–H and O–H groups in total. The molecule has 0 amide bonds. The van der Waals surface area contributed by atoms with Gasteiger partial charge in [0.25, 0.3) is 0 Å². The predicted molar refractivity (Wildman–Crippen MR) is 76.1 cm³/mol. The summed E-state index contributed by atoms with van der Waals surface area (Å²) in [7, 11) is 0. The van der Waals surface area contributed by atoms with Crippen molar-refractivity contribution in [2.75, 3.05) is 19.6 Å². The van der Waals surface area contributed by atoms with Gasteiger partial charge in [-0.05, 0) is 37.3 Å². The van der Waals surface area contributed by atoms with E-state index in [1.807, 2.05) is 0 Å². The monoisotopic (exact) mass is 240 g/mol. The predicted octanol–water partition coefficient (Wildman–Crippen LogP) is 3.26. The number of piperidine rings is 1. The first-order chi connectivity index (χ1) is 8.12. The third-order valence-corrected chi connectivity index (χ3v) is 5.37. The van der Waals surface area contributed by atoms with E-state index in [9.17, 15) is 0 Å². The second kappa shape index (κ2) is 6.75. The third-order valence-electron chi connectivity index (χ3n) is 5.37. The van der Waals surface area contributed by atoms with E-state index >= 15 is 0 Å². The van der Waals surface area contributed by atoms with Gasteiger partial charge < -0.3 is 5.73 Å². The van der Waals surface area contributed by atoms with Crippen molar-refractivity contribution < 1.29 is 0 Å². The van der Waals surface area contributed by atoms with Crippen molar-refractivity contribution in [3.63, 3.8) is 0 Å². The zero-order valence-electron chi connectivity index (χ0n) is 12.3. The average molecular weight is 240 g/mol. The van der Waals surface area contributed by atoms with Crippen LogP contribution in [-0.2, 0) is 0 Å². The molecule has 1 saturated heterocycles. The molecule has 2 heteroatoms. The molecule has 0 aromatic heterocycles. The van der Waals surface area contributed by atoms with Gasteiger partial charge in [0.1, 0.15) is 0 Å². The molecule has 0 aliphatic carbocycles. The molecule has 1 fully saturated rings. The summed E-state index contributed by atoms with van der Waals surface area (Å²) < 4.78 is 0. The van der Waals surface area contributed by atoms with Crippen LogP contribution in [0.5, 0.6) is 0 Å². The molecule has 1 heterocycles. The van der Waals surface area contributed by atoms with Crippen molar-refractivity contribution in [2.24, 2.45) is 17.1 Å². The molecule has 0 aromatic rings. The molecular formula is C15H32N2. The summed E-state index contributed by atoms with van der Waals surface area (Å²) in [6.45, 7) is 12.7. The fourth-order valence-electron chi connectivity index (χ4n) is 3.30. The van der Waals surface area contributed by atoms with Gasteiger partial charge in [-0.15, -0.1) is 0 Å². The SMILES string of the molecule is CCC(C)C(CN)N1CCC(CC)(CC)CC1. The Morgan fingerprint density at radius 3 is 2.00 bits per heavy atom. The number of hydrogen-bond donors (Lipinski definition) is 1. The lowest BCUT2D eigenvalue weighted by atomic mass is 9.73. The Labute approximate surface area is 108 Å². The van der Waals surface area contributed by atoms with E-state index in [0.29, 0.717) is 11.5 Å². The van der Waals surface area contributed by atoms with Gasteiger partial charge in [-0.3, -0.25) is 4.90 Å². The summed E-state index contributed by atoms with van der Waals surface area (Å²) in [6, 6.07) is 0.603. The van der Waals surface area contributed by atoms with E-state index in [1.165, 1.54) is 45.2 Å². The largest absolute Gasteiger partial charge is 0.329 e. The van der Waals surface area contributed by atoms with E-state index in [2.05, 4.69) is 32.6 Å². The molecule has 17 heavy (non-hydrogen) atoms. The molecule has 0 bridgehead atoms. The maximum Gasteiger partial charge on any atom is 0.0243 e. The van der Waals surface area contributed by atoms with Gasteiger partial charge in [-0.2, -0.15) is 0 Å². The molecule has 1 aliphatic heterocycles. The Bertz CT molecular complexity index is 201. The van der Waals surface area contributed by atoms with Crippen molar-refractivity contribution in [3.8, 4) is 0 Å². The molecule has 2 atom stereocenters. The van der Waals surface area contributed by atoms with Crippen molar-refractivity contribution in [1.29, 1.82) is 0 Å². The maximum atomic E-state index is 5.97. The lowest BCUT2D eigenvalue weighted by molar-refractivity contribution is 0.0501. The minimum Gasteiger partial charge on any atom is -0.329 e. The van der Waals surface area contributed by atoms with Gasteiger partial charge in [-0.1, -0.05) is 47.0 Å². The Morgan fingerprint density at radius 1 is 1.12 bits per heavy atom. The van der Waals surface area contributed by atoms with Crippen LogP contribution in [0.1, 0.15) is 59.8 Å². The molecule has 2 unspecified atom stereocenters. The first kappa shape index (κ1) is 15.0. The van der Waals surface area contributed by atoms with E-state index in [4.69, 9.17) is 5.73 Å². The number of nitrogens with two attached hydrogens (primary N) is 1. The van der Waals surface area contributed by atoms with Crippen molar-refractivity contribution in [3.05, 3.63) is 0 Å². The lowest BCUT2D eigenvalue weighted by Gasteiger charge is -2.45. The summed E-state index contributed by atoms with van der Waals surface area (Å²) in [4.78, 5) is 2.65. The topological polar surface area (TPSA) is 29.3 Å². The van der Waals surface area contributed by atoms with Crippen molar-refractivity contribution in [2.45, 2.75) is 65.8 Å². The zero-order chi connectivity index (χ0) is 12.9. The van der Waals surface area contributed by atoms with Gasteiger partial charge in [0.15, 0.2) is 0 Å². The summed E-state index contributed by atoms with van der Waals surface area (Å²) in [5.74, 6) is 0.732. The third kappa shape index (κ3) is 3.45. The highest BCUT2D eigenvalue weighted by molar-refractivity contribution is 4.88. The molecular weight excluding hydrogens is 208 g/mol.